The quantitative estimate of drug-likeness (QED) is 0.703. The molecule has 2 aromatic carbocycles. The molecule has 2 aliphatic rings. The number of benzene rings is 2. The van der Waals surface area contributed by atoms with Crippen LogP contribution in [0.1, 0.15) is 49.5 Å². The van der Waals surface area contributed by atoms with Gasteiger partial charge in [0.25, 0.3) is 5.91 Å². The Balaban J connectivity index is 1.32. The summed E-state index contributed by atoms with van der Waals surface area (Å²) in [6.45, 7) is 12.6. The number of nitrogens with zero attached hydrogens (tertiary/aromatic N) is 3. The first-order valence-corrected chi connectivity index (χ1v) is 11.9. The zero-order chi connectivity index (χ0) is 22.6. The van der Waals surface area contributed by atoms with Crippen molar-refractivity contribution >= 4 is 11.6 Å². The third-order valence-electron chi connectivity index (χ3n) is 6.60. The summed E-state index contributed by atoms with van der Waals surface area (Å²) in [6, 6.07) is 16.3. The Morgan fingerprint density at radius 3 is 2.28 bits per heavy atom. The number of para-hydroxylation sites is 1. The van der Waals surface area contributed by atoms with Crippen molar-refractivity contribution in [3.8, 4) is 5.75 Å². The van der Waals surface area contributed by atoms with Crippen LogP contribution in [0.25, 0.3) is 0 Å². The van der Waals surface area contributed by atoms with E-state index >= 15 is 0 Å². The van der Waals surface area contributed by atoms with Gasteiger partial charge in [0.15, 0.2) is 0 Å². The molecule has 0 aliphatic carbocycles. The Labute approximate surface area is 192 Å². The van der Waals surface area contributed by atoms with Gasteiger partial charge < -0.3 is 14.5 Å². The number of rotatable bonds is 5. The molecule has 5 nitrogen and oxygen atoms in total. The number of amides is 1. The van der Waals surface area contributed by atoms with E-state index in [4.69, 9.17) is 4.74 Å². The summed E-state index contributed by atoms with van der Waals surface area (Å²) in [5.41, 5.74) is 3.48. The van der Waals surface area contributed by atoms with E-state index in [0.717, 1.165) is 70.0 Å². The largest absolute Gasteiger partial charge is 0.493 e. The Morgan fingerprint density at radius 1 is 0.969 bits per heavy atom. The summed E-state index contributed by atoms with van der Waals surface area (Å²) >= 11 is 0. The van der Waals surface area contributed by atoms with Crippen LogP contribution >= 0.6 is 0 Å². The molecule has 2 aromatic rings. The Hall–Kier alpha value is -2.53. The van der Waals surface area contributed by atoms with E-state index in [0.29, 0.717) is 5.92 Å². The van der Waals surface area contributed by atoms with E-state index in [2.05, 4.69) is 55.3 Å². The van der Waals surface area contributed by atoms with Gasteiger partial charge in [-0.25, -0.2) is 5.32 Å². The predicted octanol–water partition coefficient (Wildman–Crippen LogP) is 4.34. The van der Waals surface area contributed by atoms with E-state index in [-0.39, 0.29) is 11.3 Å². The first-order chi connectivity index (χ1) is 15.4. The van der Waals surface area contributed by atoms with Gasteiger partial charge in [0.2, 0.25) is 0 Å². The van der Waals surface area contributed by atoms with Crippen LogP contribution < -0.4 is 15.0 Å². The summed E-state index contributed by atoms with van der Waals surface area (Å²) in [5, 5.41) is 4.39. The van der Waals surface area contributed by atoms with Crippen LogP contribution in [0.4, 0.5) is 5.69 Å². The second-order valence-electron chi connectivity index (χ2n) is 10.00. The summed E-state index contributed by atoms with van der Waals surface area (Å²) in [6.07, 6.45) is 2.23. The van der Waals surface area contributed by atoms with Crippen LogP contribution in [0.3, 0.4) is 0 Å². The molecule has 0 aromatic heterocycles. The molecule has 2 aliphatic heterocycles. The van der Waals surface area contributed by atoms with Gasteiger partial charge in [0.05, 0.1) is 6.61 Å². The first-order valence-electron chi connectivity index (χ1n) is 11.9. The molecule has 0 unspecified atom stereocenters. The minimum Gasteiger partial charge on any atom is -0.493 e. The molecule has 0 bridgehead atoms. The number of piperidine rings is 1. The van der Waals surface area contributed by atoms with Crippen LogP contribution in [0.15, 0.2) is 48.5 Å². The van der Waals surface area contributed by atoms with Crippen LogP contribution in [0.5, 0.6) is 5.75 Å². The van der Waals surface area contributed by atoms with Crippen LogP contribution in [0.2, 0.25) is 0 Å². The van der Waals surface area contributed by atoms with E-state index < -0.39 is 0 Å². The smallest absolute Gasteiger partial charge is 0.253 e. The highest BCUT2D eigenvalue weighted by Crippen LogP contribution is 2.32. The van der Waals surface area contributed by atoms with Gasteiger partial charge in [-0.15, -0.1) is 0 Å². The van der Waals surface area contributed by atoms with E-state index in [9.17, 15) is 4.79 Å². The van der Waals surface area contributed by atoms with Gasteiger partial charge in [-0.05, 0) is 60.1 Å². The molecule has 0 atom stereocenters. The molecule has 5 heteroatoms. The van der Waals surface area contributed by atoms with Crippen molar-refractivity contribution in [2.45, 2.75) is 39.0 Å². The molecule has 0 saturated carbocycles. The van der Waals surface area contributed by atoms with Gasteiger partial charge in [-0.2, -0.15) is 0 Å². The average molecular weight is 435 g/mol. The predicted molar refractivity (Wildman–Crippen MR) is 130 cm³/mol. The van der Waals surface area contributed by atoms with Crippen LogP contribution in [-0.4, -0.2) is 56.7 Å². The lowest BCUT2D eigenvalue weighted by molar-refractivity contribution is 0.0746. The van der Waals surface area contributed by atoms with Crippen molar-refractivity contribution in [1.29, 1.82) is 0 Å². The summed E-state index contributed by atoms with van der Waals surface area (Å²) in [4.78, 5) is 17.4. The van der Waals surface area contributed by atoms with Crippen molar-refractivity contribution < 1.29 is 9.53 Å². The van der Waals surface area contributed by atoms with E-state index in [1.807, 2.05) is 29.2 Å². The second kappa shape index (κ2) is 9.95. The minimum absolute atomic E-state index is 0.0969. The van der Waals surface area contributed by atoms with Crippen molar-refractivity contribution in [3.05, 3.63) is 59.7 Å². The van der Waals surface area contributed by atoms with Crippen molar-refractivity contribution in [3.63, 3.8) is 0 Å². The number of hydrogen-bond acceptors (Lipinski definition) is 3. The SMILES string of the molecule is CC(C)(C)c1ccccc1N1CCN(C(=O)c2ccc(OCC3CC[N]CC3)cc2)CC1. The topological polar surface area (TPSA) is 46.9 Å². The summed E-state index contributed by atoms with van der Waals surface area (Å²) in [5.74, 6) is 1.54. The number of hydrogen-bond donors (Lipinski definition) is 0. The lowest BCUT2D eigenvalue weighted by Crippen LogP contribution is -2.49. The number of ether oxygens (including phenoxy) is 1. The lowest BCUT2D eigenvalue weighted by Gasteiger charge is -2.38. The third kappa shape index (κ3) is 5.44. The van der Waals surface area contributed by atoms with Crippen molar-refractivity contribution in [2.75, 3.05) is 50.8 Å². The minimum atomic E-state index is 0.0969. The molecule has 2 heterocycles. The Morgan fingerprint density at radius 2 is 1.62 bits per heavy atom. The normalized spacial score (nSPS) is 18.0. The number of carbonyl (C=O) groups excluding carboxylic acids is 1. The molecule has 2 saturated heterocycles. The maximum atomic E-state index is 13.0. The molecule has 4 rings (SSSR count). The second-order valence-corrected chi connectivity index (χ2v) is 10.00. The Bertz CT molecular complexity index is 890. The molecule has 0 N–H and O–H groups in total. The zero-order valence-electron chi connectivity index (χ0n) is 19.7. The molecule has 32 heavy (non-hydrogen) atoms. The fourth-order valence-corrected chi connectivity index (χ4v) is 4.59. The van der Waals surface area contributed by atoms with E-state index in [1.165, 1.54) is 11.3 Å². The fourth-order valence-electron chi connectivity index (χ4n) is 4.59. The van der Waals surface area contributed by atoms with Gasteiger partial charge in [-0.1, -0.05) is 39.0 Å². The summed E-state index contributed by atoms with van der Waals surface area (Å²) in [7, 11) is 0. The number of anilines is 1. The first kappa shape index (κ1) is 22.7. The van der Waals surface area contributed by atoms with Gasteiger partial charge in [-0.3, -0.25) is 4.79 Å². The molecule has 2 fully saturated rings. The highest BCUT2D eigenvalue weighted by Gasteiger charge is 2.26. The van der Waals surface area contributed by atoms with E-state index in [1.54, 1.807) is 0 Å². The molecule has 171 valence electrons. The third-order valence-corrected chi connectivity index (χ3v) is 6.60. The average Bonchev–Trinajstić information content (AvgIpc) is 2.83. The van der Waals surface area contributed by atoms with Gasteiger partial charge >= 0.3 is 0 Å². The molecular weight excluding hydrogens is 398 g/mol. The zero-order valence-corrected chi connectivity index (χ0v) is 19.7. The monoisotopic (exact) mass is 434 g/mol. The highest BCUT2D eigenvalue weighted by atomic mass is 16.5. The molecule has 0 spiro atoms. The summed E-state index contributed by atoms with van der Waals surface area (Å²) < 4.78 is 5.95. The van der Waals surface area contributed by atoms with Crippen molar-refractivity contribution in [1.82, 2.24) is 10.2 Å². The van der Waals surface area contributed by atoms with Gasteiger partial charge in [0.1, 0.15) is 5.75 Å². The number of carbonyl (C=O) groups is 1. The molecule has 1 amide bonds. The van der Waals surface area contributed by atoms with Crippen LogP contribution in [0, 0.1) is 5.92 Å². The fraction of sp³-hybridized carbons (Fsp3) is 0.519. The molecular formula is C27H36N3O2. The number of piperazine rings is 1. The standard InChI is InChI=1S/C27H36N3O2/c1-27(2,3)24-6-4-5-7-25(24)29-16-18-30(19-17-29)26(31)22-8-10-23(11-9-22)32-20-21-12-14-28-15-13-21/h4-11,21H,12-20H2,1-3H3. The maximum absolute atomic E-state index is 13.0. The Kier molecular flexibility index (Phi) is 7.04. The molecule has 1 radical (unpaired) electrons. The lowest BCUT2D eigenvalue weighted by atomic mass is 9.85. The highest BCUT2D eigenvalue weighted by molar-refractivity contribution is 5.94. The maximum Gasteiger partial charge on any atom is 0.253 e. The van der Waals surface area contributed by atoms with Crippen molar-refractivity contribution in [2.24, 2.45) is 5.92 Å². The van der Waals surface area contributed by atoms with Gasteiger partial charge in [0, 0.05) is 50.5 Å². The van der Waals surface area contributed by atoms with Crippen LogP contribution in [-0.2, 0) is 5.41 Å².